The van der Waals surface area contributed by atoms with E-state index >= 15 is 0 Å². The molecule has 8 atom stereocenters. The number of aliphatic imine (C=N–C) groups is 3. The molecule has 3 rings (SSSR count). The zero-order chi connectivity index (χ0) is 44.4. The van der Waals surface area contributed by atoms with Crippen molar-refractivity contribution in [2.45, 2.75) is 109 Å². The van der Waals surface area contributed by atoms with Crippen molar-refractivity contribution in [2.24, 2.45) is 32.0 Å². The highest BCUT2D eigenvalue weighted by Crippen LogP contribution is 2.61. The summed E-state index contributed by atoms with van der Waals surface area (Å²) >= 11 is 3.96. The van der Waals surface area contributed by atoms with E-state index in [2.05, 4.69) is 56.4 Å². The molecule has 338 valence electrons. The SMILES string of the molecule is CC(C)CCCCCCC(=O)C1(N)N=CN=C2C1=NCN2[C@@H]1O[C@H](COP(=O)(O)OP(=O)(O)OCC(C)(C)C(O)C(=O)NCCC(=O)NCCS)[C@@H](OP(=O)(O)O)[C@H]1O. The number of fused-ring (bicyclic) bond motifs is 1. The van der Waals surface area contributed by atoms with E-state index in [1.165, 1.54) is 18.7 Å². The lowest BCUT2D eigenvalue weighted by Crippen LogP contribution is -2.59. The number of phosphoric acid groups is 3. The number of amidine groups is 1. The number of hydrogen-bond donors (Lipinski definition) is 10. The van der Waals surface area contributed by atoms with Crippen LogP contribution in [0.25, 0.3) is 0 Å². The van der Waals surface area contributed by atoms with Crippen LogP contribution in [-0.4, -0.2) is 145 Å². The lowest BCUT2D eigenvalue weighted by Gasteiger charge is -2.32. The van der Waals surface area contributed by atoms with Crippen LogP contribution in [0.1, 0.15) is 72.6 Å². The van der Waals surface area contributed by atoms with Crippen LogP contribution >= 0.6 is 36.1 Å². The second kappa shape index (κ2) is 21.9. The minimum Gasteiger partial charge on any atom is -0.386 e. The normalized spacial score (nSPS) is 25.8. The molecule has 3 aliphatic rings. The first-order valence-corrected chi connectivity index (χ1v) is 23.8. The van der Waals surface area contributed by atoms with Gasteiger partial charge in [0.25, 0.3) is 0 Å². The van der Waals surface area contributed by atoms with Crippen molar-refractivity contribution >= 4 is 71.6 Å². The maximum absolute atomic E-state index is 13.3. The number of Topliss-reactive ketones (excluding diaryl/α,β-unsaturated/α-hetero) is 1. The average Bonchev–Trinajstić information content (AvgIpc) is 3.70. The van der Waals surface area contributed by atoms with Gasteiger partial charge in [0.15, 0.2) is 17.8 Å². The third-order valence-electron chi connectivity index (χ3n) is 9.19. The molecule has 1 fully saturated rings. The quantitative estimate of drug-likeness (QED) is 0.0313. The standard InChI is InChI=1S/C31H56N7O17P3S/c1-19(2)9-7-5-6-8-10-21(39)31(32)25-27(35-17-37-31)38(18-36-25)29-23(41)24(54-56(44,45)46)20(53-29)15-51-57(47,48)55-58(49,50)52-16-30(3,4)26(42)28(43)34-12-11-22(40)33-13-14-59/h17,19-20,23-24,26,29,41-42,59H,5-16,18,32H2,1-4H3,(H,33,40)(H,34,43)(H,47,48)(H,49,50)(H2,44,45,46)/t20-,23-,24-,26?,29-,31?/m1/s1. The van der Waals surface area contributed by atoms with Gasteiger partial charge in [-0.15, -0.1) is 0 Å². The Hall–Kier alpha value is -2.02. The summed E-state index contributed by atoms with van der Waals surface area (Å²) in [6, 6.07) is 0. The van der Waals surface area contributed by atoms with E-state index in [-0.39, 0.29) is 43.5 Å². The molecule has 3 heterocycles. The van der Waals surface area contributed by atoms with Gasteiger partial charge in [0.05, 0.1) is 13.2 Å². The van der Waals surface area contributed by atoms with Crippen LogP contribution in [0.15, 0.2) is 15.0 Å². The van der Waals surface area contributed by atoms with Gasteiger partial charge in [-0.05, 0) is 12.3 Å². The summed E-state index contributed by atoms with van der Waals surface area (Å²) < 4.78 is 61.7. The van der Waals surface area contributed by atoms with Gasteiger partial charge in [0, 0.05) is 37.1 Å². The van der Waals surface area contributed by atoms with Gasteiger partial charge in [-0.3, -0.25) is 38.7 Å². The first-order valence-electron chi connectivity index (χ1n) is 18.6. The largest absolute Gasteiger partial charge is 0.481 e. The number of phosphoric ester groups is 3. The Kier molecular flexibility index (Phi) is 19.0. The molecule has 59 heavy (non-hydrogen) atoms. The molecule has 3 aliphatic heterocycles. The van der Waals surface area contributed by atoms with E-state index in [9.17, 15) is 57.9 Å². The predicted molar refractivity (Wildman–Crippen MR) is 213 cm³/mol. The molecule has 10 N–H and O–H groups in total. The predicted octanol–water partition coefficient (Wildman–Crippen LogP) is 0.115. The number of nitrogens with one attached hydrogen (secondary N) is 2. The molecular formula is C31H56N7O17P3S. The maximum Gasteiger partial charge on any atom is 0.481 e. The van der Waals surface area contributed by atoms with Gasteiger partial charge >= 0.3 is 23.5 Å². The summed E-state index contributed by atoms with van der Waals surface area (Å²) in [6.07, 6.45) is -3.72. The Morgan fingerprint density at radius 3 is 2.36 bits per heavy atom. The highest BCUT2D eigenvalue weighted by Gasteiger charge is 2.55. The van der Waals surface area contributed by atoms with Gasteiger partial charge in [-0.1, -0.05) is 53.4 Å². The van der Waals surface area contributed by atoms with Crippen molar-refractivity contribution in [1.82, 2.24) is 15.5 Å². The molecule has 0 aromatic rings. The number of nitrogens with zero attached hydrogens (tertiary/aromatic N) is 4. The van der Waals surface area contributed by atoms with Gasteiger partial charge in [-0.25, -0.2) is 23.7 Å². The van der Waals surface area contributed by atoms with Crippen molar-refractivity contribution in [3.05, 3.63) is 0 Å². The molecule has 0 saturated carbocycles. The Bertz CT molecular complexity index is 1730. The number of ketones is 1. The van der Waals surface area contributed by atoms with Crippen LogP contribution < -0.4 is 16.4 Å². The third-order valence-corrected chi connectivity index (χ3v) is 12.5. The minimum atomic E-state index is -5.60. The van der Waals surface area contributed by atoms with Gasteiger partial charge in [-0.2, -0.15) is 16.9 Å². The number of ether oxygens (including phenoxy) is 1. The number of aliphatic hydroxyl groups is 2. The second-order valence-corrected chi connectivity index (χ2v) is 19.7. The molecule has 0 aromatic carbocycles. The fourth-order valence-electron chi connectivity index (χ4n) is 5.98. The van der Waals surface area contributed by atoms with Crippen molar-refractivity contribution in [3.8, 4) is 0 Å². The molecule has 0 aromatic heterocycles. The number of nitrogens with two attached hydrogens (primary N) is 1. The summed E-state index contributed by atoms with van der Waals surface area (Å²) in [5.74, 6) is -0.859. The molecule has 4 unspecified atom stereocenters. The molecule has 2 amide bonds. The fraction of sp³-hybridized carbons (Fsp3) is 0.806. The molecule has 0 aliphatic carbocycles. The number of amides is 2. The topological polar surface area (TPSA) is 360 Å². The maximum atomic E-state index is 13.3. The Morgan fingerprint density at radius 2 is 1.71 bits per heavy atom. The Balaban J connectivity index is 1.61. The Labute approximate surface area is 346 Å². The van der Waals surface area contributed by atoms with Crippen LogP contribution in [0, 0.1) is 11.3 Å². The second-order valence-electron chi connectivity index (χ2n) is 15.1. The minimum absolute atomic E-state index is 0.0549. The summed E-state index contributed by atoms with van der Waals surface area (Å²) in [6.45, 7) is 4.58. The summed E-state index contributed by atoms with van der Waals surface area (Å²) in [5.41, 5.74) is 2.87. The van der Waals surface area contributed by atoms with Crippen LogP contribution in [0.3, 0.4) is 0 Å². The summed E-state index contributed by atoms with van der Waals surface area (Å²) in [7, 11) is -16.5. The van der Waals surface area contributed by atoms with Gasteiger partial charge in [0.1, 0.15) is 43.1 Å². The van der Waals surface area contributed by atoms with E-state index in [0.29, 0.717) is 24.6 Å². The van der Waals surface area contributed by atoms with Gasteiger partial charge in [0.2, 0.25) is 17.5 Å². The molecular weight excluding hydrogens is 867 g/mol. The van der Waals surface area contributed by atoms with Crippen LogP contribution in [-0.2, 0) is 50.7 Å². The fourth-order valence-corrected chi connectivity index (χ4v) is 8.92. The Morgan fingerprint density at radius 1 is 1.05 bits per heavy atom. The molecule has 0 radical (unpaired) electrons. The van der Waals surface area contributed by atoms with E-state index in [1.54, 1.807) is 0 Å². The highest BCUT2D eigenvalue weighted by atomic mass is 32.1. The van der Waals surface area contributed by atoms with E-state index in [1.807, 2.05) is 0 Å². The lowest BCUT2D eigenvalue weighted by molar-refractivity contribution is -0.137. The molecule has 28 heteroatoms. The smallest absolute Gasteiger partial charge is 0.386 e. The lowest BCUT2D eigenvalue weighted by atomic mass is 9.87. The monoisotopic (exact) mass is 923 g/mol. The number of carbonyl (C=O) groups excluding carboxylic acids is 3. The number of aliphatic hydroxyl groups excluding tert-OH is 2. The highest BCUT2D eigenvalue weighted by molar-refractivity contribution is 7.80. The molecule has 1 saturated heterocycles. The summed E-state index contributed by atoms with van der Waals surface area (Å²) in [5, 5.41) is 26.6. The molecule has 0 bridgehead atoms. The first kappa shape index (κ1) is 51.3. The van der Waals surface area contributed by atoms with Crippen LogP contribution in [0.5, 0.6) is 0 Å². The van der Waals surface area contributed by atoms with Crippen molar-refractivity contribution < 1.29 is 80.5 Å². The molecule has 24 nitrogen and oxygen atoms in total. The van der Waals surface area contributed by atoms with Gasteiger partial charge < -0.3 is 50.1 Å². The van der Waals surface area contributed by atoms with Crippen molar-refractivity contribution in [2.75, 3.05) is 38.7 Å². The molecule has 0 spiro atoms. The van der Waals surface area contributed by atoms with E-state index < -0.39 is 90.1 Å². The number of unbranched alkanes of at least 4 members (excludes halogenated alkanes) is 3. The van der Waals surface area contributed by atoms with Crippen LogP contribution in [0.4, 0.5) is 0 Å². The van der Waals surface area contributed by atoms with Crippen LogP contribution in [0.2, 0.25) is 0 Å². The van der Waals surface area contributed by atoms with Crippen molar-refractivity contribution in [3.63, 3.8) is 0 Å². The third kappa shape index (κ3) is 15.4. The first-order chi connectivity index (χ1) is 27.3. The number of thiol groups is 1. The average molecular weight is 924 g/mol. The zero-order valence-electron chi connectivity index (χ0n) is 33.1. The number of hydrogen-bond acceptors (Lipinski definition) is 19. The van der Waals surface area contributed by atoms with E-state index in [4.69, 9.17) is 24.0 Å². The summed E-state index contributed by atoms with van der Waals surface area (Å²) in [4.78, 5) is 90.9. The number of carbonyl (C=O) groups is 3. The van der Waals surface area contributed by atoms with E-state index in [0.717, 1.165) is 32.0 Å². The van der Waals surface area contributed by atoms with Crippen molar-refractivity contribution in [1.29, 1.82) is 0 Å². The number of rotatable bonds is 26. The zero-order valence-corrected chi connectivity index (χ0v) is 36.6.